The van der Waals surface area contributed by atoms with Crippen molar-refractivity contribution in [2.45, 2.75) is 57.6 Å². The zero-order chi connectivity index (χ0) is 21.7. The highest BCUT2D eigenvalue weighted by atomic mass is 16.5. The Bertz CT molecular complexity index is 864. The highest BCUT2D eigenvalue weighted by Gasteiger charge is 2.41. The minimum atomic E-state index is -0.508. The molecule has 0 atom stereocenters. The number of aromatic nitrogens is 2. The SMILES string of the molecule is CC(C)CN(c1ccc(C2(OC=O)CCC2)cc1Nc1cncnc1)C1CCOCC1. The smallest absolute Gasteiger partial charge is 0.293 e. The molecule has 1 saturated carbocycles. The molecule has 0 radical (unpaired) electrons. The minimum absolute atomic E-state index is 0.429. The maximum atomic E-state index is 11.2. The van der Waals surface area contributed by atoms with E-state index in [0.29, 0.717) is 18.4 Å². The van der Waals surface area contributed by atoms with Crippen LogP contribution in [-0.4, -0.2) is 42.2 Å². The largest absolute Gasteiger partial charge is 0.456 e. The second-order valence-corrected chi connectivity index (χ2v) is 8.94. The van der Waals surface area contributed by atoms with Crippen molar-refractivity contribution in [1.82, 2.24) is 9.97 Å². The van der Waals surface area contributed by atoms with Crippen LogP contribution in [0.4, 0.5) is 17.1 Å². The van der Waals surface area contributed by atoms with Crippen LogP contribution in [0.15, 0.2) is 36.9 Å². The van der Waals surface area contributed by atoms with Gasteiger partial charge in [0.1, 0.15) is 11.9 Å². The van der Waals surface area contributed by atoms with Crippen molar-refractivity contribution in [2.24, 2.45) is 5.92 Å². The van der Waals surface area contributed by atoms with Crippen LogP contribution in [0.25, 0.3) is 0 Å². The second-order valence-electron chi connectivity index (χ2n) is 8.94. The van der Waals surface area contributed by atoms with Crippen LogP contribution in [0.2, 0.25) is 0 Å². The quantitative estimate of drug-likeness (QED) is 0.597. The molecule has 1 aliphatic carbocycles. The normalized spacial score (nSPS) is 18.3. The molecule has 2 fully saturated rings. The van der Waals surface area contributed by atoms with E-state index in [1.165, 1.54) is 6.33 Å². The molecule has 0 amide bonds. The van der Waals surface area contributed by atoms with Crippen molar-refractivity contribution in [3.63, 3.8) is 0 Å². The monoisotopic (exact) mass is 424 g/mol. The summed E-state index contributed by atoms with van der Waals surface area (Å²) >= 11 is 0. The second kappa shape index (κ2) is 9.64. The molecule has 2 aromatic rings. The van der Waals surface area contributed by atoms with Gasteiger partial charge in [0.2, 0.25) is 0 Å². The van der Waals surface area contributed by atoms with Crippen LogP contribution < -0.4 is 10.2 Å². The first-order chi connectivity index (χ1) is 15.1. The number of hydrogen-bond donors (Lipinski definition) is 1. The van der Waals surface area contributed by atoms with E-state index in [0.717, 1.165) is 74.5 Å². The Hall–Kier alpha value is -2.67. The summed E-state index contributed by atoms with van der Waals surface area (Å²) in [7, 11) is 0. The molecule has 166 valence electrons. The van der Waals surface area contributed by atoms with Crippen LogP contribution in [0.1, 0.15) is 51.5 Å². The Labute approximate surface area is 184 Å². The van der Waals surface area contributed by atoms with Gasteiger partial charge in [-0.2, -0.15) is 0 Å². The molecule has 7 nitrogen and oxygen atoms in total. The average Bonchev–Trinajstić information content (AvgIpc) is 2.76. The molecule has 0 bridgehead atoms. The fourth-order valence-corrected chi connectivity index (χ4v) is 4.59. The summed E-state index contributed by atoms with van der Waals surface area (Å²) in [4.78, 5) is 22.0. The standard InChI is InChI=1S/C24H32N4O3/c1-18(2)15-28(21-6-10-30-11-7-21)23-5-4-19(24(31-17-29)8-3-9-24)12-22(23)27-20-13-25-16-26-14-20/h4-5,12-14,16-18,21,27H,3,6-11,15H2,1-2H3. The van der Waals surface area contributed by atoms with E-state index in [1.54, 1.807) is 12.4 Å². The van der Waals surface area contributed by atoms with Gasteiger partial charge in [0.05, 0.1) is 29.5 Å². The van der Waals surface area contributed by atoms with Crippen molar-refractivity contribution < 1.29 is 14.3 Å². The third-order valence-corrected chi connectivity index (χ3v) is 6.30. The Morgan fingerprint density at radius 3 is 2.61 bits per heavy atom. The predicted molar refractivity (Wildman–Crippen MR) is 120 cm³/mol. The minimum Gasteiger partial charge on any atom is -0.456 e. The summed E-state index contributed by atoms with van der Waals surface area (Å²) in [6, 6.07) is 6.86. The Kier molecular flexibility index (Phi) is 6.70. The van der Waals surface area contributed by atoms with Crippen molar-refractivity contribution in [2.75, 3.05) is 30.0 Å². The molecule has 2 aliphatic rings. The van der Waals surface area contributed by atoms with E-state index in [4.69, 9.17) is 9.47 Å². The molecule has 1 saturated heterocycles. The van der Waals surface area contributed by atoms with Crippen LogP contribution in [0, 0.1) is 5.92 Å². The fourth-order valence-electron chi connectivity index (χ4n) is 4.59. The van der Waals surface area contributed by atoms with E-state index in [-0.39, 0.29) is 0 Å². The average molecular weight is 425 g/mol. The van der Waals surface area contributed by atoms with Gasteiger partial charge in [-0.3, -0.25) is 4.79 Å². The van der Waals surface area contributed by atoms with Gasteiger partial charge in [0, 0.05) is 25.8 Å². The van der Waals surface area contributed by atoms with Crippen LogP contribution in [-0.2, 0) is 19.9 Å². The van der Waals surface area contributed by atoms with Crippen LogP contribution in [0.3, 0.4) is 0 Å². The summed E-state index contributed by atoms with van der Waals surface area (Å²) in [6.07, 6.45) is 9.87. The summed E-state index contributed by atoms with van der Waals surface area (Å²) in [6.45, 7) is 7.63. The van der Waals surface area contributed by atoms with Gasteiger partial charge in [0.15, 0.2) is 0 Å². The van der Waals surface area contributed by atoms with Crippen molar-refractivity contribution in [3.8, 4) is 0 Å². The number of carbonyl (C=O) groups excluding carboxylic acids is 1. The molecule has 1 aliphatic heterocycles. The van der Waals surface area contributed by atoms with Gasteiger partial charge in [-0.15, -0.1) is 0 Å². The molecular weight excluding hydrogens is 392 g/mol. The summed E-state index contributed by atoms with van der Waals surface area (Å²) < 4.78 is 11.2. The zero-order valence-electron chi connectivity index (χ0n) is 18.4. The first-order valence-electron chi connectivity index (χ1n) is 11.2. The number of anilines is 3. The molecule has 2 heterocycles. The number of nitrogens with zero attached hydrogens (tertiary/aromatic N) is 3. The molecule has 0 spiro atoms. The molecule has 31 heavy (non-hydrogen) atoms. The number of benzene rings is 1. The summed E-state index contributed by atoms with van der Waals surface area (Å²) in [5, 5.41) is 3.53. The third kappa shape index (κ3) is 4.82. The molecule has 7 heteroatoms. The lowest BCUT2D eigenvalue weighted by Crippen LogP contribution is -2.42. The number of carbonyl (C=O) groups is 1. The van der Waals surface area contributed by atoms with E-state index < -0.39 is 5.60 Å². The van der Waals surface area contributed by atoms with E-state index in [9.17, 15) is 4.79 Å². The number of ether oxygens (including phenoxy) is 2. The summed E-state index contributed by atoms with van der Waals surface area (Å²) in [5.74, 6) is 0.520. The lowest BCUT2D eigenvalue weighted by atomic mass is 9.74. The Morgan fingerprint density at radius 2 is 2.00 bits per heavy atom. The molecule has 0 unspecified atom stereocenters. The van der Waals surface area contributed by atoms with Crippen LogP contribution >= 0.6 is 0 Å². The number of rotatable bonds is 9. The van der Waals surface area contributed by atoms with Crippen LogP contribution in [0.5, 0.6) is 0 Å². The lowest BCUT2D eigenvalue weighted by Gasteiger charge is -2.42. The topological polar surface area (TPSA) is 76.6 Å². The first-order valence-corrected chi connectivity index (χ1v) is 11.2. The Balaban J connectivity index is 1.74. The van der Waals surface area contributed by atoms with E-state index in [2.05, 4.69) is 52.2 Å². The van der Waals surface area contributed by atoms with Crippen molar-refractivity contribution in [3.05, 3.63) is 42.5 Å². The van der Waals surface area contributed by atoms with Gasteiger partial charge < -0.3 is 19.7 Å². The fraction of sp³-hybridized carbons (Fsp3) is 0.542. The molecule has 1 aromatic heterocycles. The van der Waals surface area contributed by atoms with Gasteiger partial charge in [-0.1, -0.05) is 19.9 Å². The zero-order valence-corrected chi connectivity index (χ0v) is 18.4. The first kappa shape index (κ1) is 21.6. The van der Waals surface area contributed by atoms with E-state index >= 15 is 0 Å². The van der Waals surface area contributed by atoms with Crippen molar-refractivity contribution >= 4 is 23.5 Å². The maximum Gasteiger partial charge on any atom is 0.293 e. The molecular formula is C24H32N4O3. The lowest BCUT2D eigenvalue weighted by molar-refractivity contribution is -0.155. The summed E-state index contributed by atoms with van der Waals surface area (Å²) in [5.41, 5.74) is 3.49. The van der Waals surface area contributed by atoms with E-state index in [1.807, 2.05) is 0 Å². The third-order valence-electron chi connectivity index (χ3n) is 6.30. The Morgan fingerprint density at radius 1 is 1.26 bits per heavy atom. The molecule has 1 aromatic carbocycles. The molecule has 4 rings (SSSR count). The van der Waals surface area contributed by atoms with Gasteiger partial charge >= 0.3 is 0 Å². The number of nitrogens with one attached hydrogen (secondary N) is 1. The van der Waals surface area contributed by atoms with Crippen molar-refractivity contribution in [1.29, 1.82) is 0 Å². The van der Waals surface area contributed by atoms with Gasteiger partial charge in [0.25, 0.3) is 6.47 Å². The number of hydrogen-bond acceptors (Lipinski definition) is 7. The highest BCUT2D eigenvalue weighted by Crippen LogP contribution is 2.46. The molecule has 1 N–H and O–H groups in total. The van der Waals surface area contributed by atoms with Gasteiger partial charge in [-0.05, 0) is 55.7 Å². The van der Waals surface area contributed by atoms with Gasteiger partial charge in [-0.25, -0.2) is 9.97 Å². The maximum absolute atomic E-state index is 11.2. The predicted octanol–water partition coefficient (Wildman–Crippen LogP) is 4.41. The highest BCUT2D eigenvalue weighted by molar-refractivity contribution is 5.76.